The van der Waals surface area contributed by atoms with E-state index in [1.165, 1.54) is 7.11 Å². The van der Waals surface area contributed by atoms with E-state index in [-0.39, 0.29) is 17.2 Å². The minimum absolute atomic E-state index is 0.0292. The van der Waals surface area contributed by atoms with E-state index in [9.17, 15) is 10.4 Å². The number of rotatable bonds is 3. The minimum atomic E-state index is -0.641. The van der Waals surface area contributed by atoms with Crippen LogP contribution in [0.5, 0.6) is 17.4 Å². The van der Waals surface area contributed by atoms with Crippen LogP contribution >= 0.6 is 11.3 Å². The van der Waals surface area contributed by atoms with Crippen LogP contribution in [0.3, 0.4) is 0 Å². The van der Waals surface area contributed by atoms with E-state index in [4.69, 9.17) is 15.2 Å². The van der Waals surface area contributed by atoms with Crippen molar-refractivity contribution in [2.45, 2.75) is 19.8 Å². The number of allylic oxidation sites excluding steroid dienone is 1. The molecule has 0 radical (unpaired) electrons. The quantitative estimate of drug-likeness (QED) is 0.624. The first kappa shape index (κ1) is 17.9. The van der Waals surface area contributed by atoms with Crippen LogP contribution < -0.4 is 15.2 Å². The number of phenols is 1. The summed E-state index contributed by atoms with van der Waals surface area (Å²) in [6.45, 7) is 4.06. The fourth-order valence-electron chi connectivity index (χ4n) is 3.58. The summed E-state index contributed by atoms with van der Waals surface area (Å²) < 4.78 is 10.9. The molecule has 7 nitrogen and oxygen atoms in total. The third kappa shape index (κ3) is 2.60. The number of H-pyrrole nitrogens is 1. The molecule has 28 heavy (non-hydrogen) atoms. The largest absolute Gasteiger partial charge is 0.504 e. The molecule has 0 fully saturated rings. The summed E-state index contributed by atoms with van der Waals surface area (Å²) in [7, 11) is 1.48. The molecule has 0 unspecified atom stereocenters. The van der Waals surface area contributed by atoms with Crippen molar-refractivity contribution in [3.8, 4) is 34.7 Å². The second-order valence-corrected chi connectivity index (χ2v) is 7.93. The molecular formula is C20H18N4O3S. The first-order valence-corrected chi connectivity index (χ1v) is 9.37. The second kappa shape index (κ2) is 6.62. The molecule has 142 valence electrons. The normalized spacial score (nSPS) is 15.7. The lowest BCUT2D eigenvalue weighted by atomic mass is 9.82. The van der Waals surface area contributed by atoms with Crippen molar-refractivity contribution >= 4 is 11.3 Å². The van der Waals surface area contributed by atoms with Crippen LogP contribution in [0.25, 0.3) is 11.3 Å². The number of aromatic hydroxyl groups is 1. The molecule has 3 heterocycles. The number of nitriles is 1. The Hall–Kier alpha value is -3.44. The van der Waals surface area contributed by atoms with E-state index in [1.807, 2.05) is 13.8 Å². The third-order valence-electron chi connectivity index (χ3n) is 4.81. The predicted molar refractivity (Wildman–Crippen MR) is 105 cm³/mol. The average Bonchev–Trinajstić information content (AvgIpc) is 3.22. The molecule has 1 aliphatic rings. The number of thiophene rings is 1. The maximum absolute atomic E-state index is 10.8. The van der Waals surface area contributed by atoms with Crippen molar-refractivity contribution in [3.05, 3.63) is 56.6 Å². The maximum atomic E-state index is 10.8. The smallest absolute Gasteiger partial charge is 0.244 e. The Balaban J connectivity index is 2.01. The van der Waals surface area contributed by atoms with Gasteiger partial charge in [0.25, 0.3) is 0 Å². The summed E-state index contributed by atoms with van der Waals surface area (Å²) in [5.41, 5.74) is 9.09. The highest BCUT2D eigenvalue weighted by Gasteiger charge is 2.37. The molecule has 1 aromatic carbocycles. The average molecular weight is 394 g/mol. The lowest BCUT2D eigenvalue weighted by Gasteiger charge is -2.25. The number of benzene rings is 1. The van der Waals surface area contributed by atoms with Gasteiger partial charge in [0.05, 0.1) is 24.3 Å². The van der Waals surface area contributed by atoms with Gasteiger partial charge >= 0.3 is 0 Å². The number of aromatic amines is 1. The Morgan fingerprint density at radius 2 is 2.18 bits per heavy atom. The molecule has 0 spiro atoms. The van der Waals surface area contributed by atoms with Gasteiger partial charge in [-0.25, -0.2) is 0 Å². The van der Waals surface area contributed by atoms with Crippen LogP contribution in [-0.2, 0) is 0 Å². The Kier molecular flexibility index (Phi) is 4.24. The molecule has 0 amide bonds. The van der Waals surface area contributed by atoms with E-state index in [2.05, 4.69) is 22.3 Å². The van der Waals surface area contributed by atoms with Gasteiger partial charge in [0.1, 0.15) is 11.6 Å². The molecule has 8 heteroatoms. The minimum Gasteiger partial charge on any atom is -0.504 e. The van der Waals surface area contributed by atoms with Gasteiger partial charge in [0.15, 0.2) is 11.5 Å². The van der Waals surface area contributed by atoms with Gasteiger partial charge in [-0.2, -0.15) is 5.26 Å². The van der Waals surface area contributed by atoms with Crippen LogP contribution in [0, 0.1) is 25.2 Å². The molecule has 1 atom stereocenters. The van der Waals surface area contributed by atoms with Gasteiger partial charge in [0.2, 0.25) is 11.8 Å². The SMILES string of the molecule is COc1cccc([C@H]2C(C#N)=C(N)Oc3n[nH]c(-c4cc(C)sc4C)c32)c1O. The zero-order chi connectivity index (χ0) is 20.0. The van der Waals surface area contributed by atoms with E-state index >= 15 is 0 Å². The predicted octanol–water partition coefficient (Wildman–Crippen LogP) is 3.69. The molecule has 0 aliphatic carbocycles. The van der Waals surface area contributed by atoms with E-state index in [0.717, 1.165) is 21.0 Å². The van der Waals surface area contributed by atoms with Crippen LogP contribution in [0.4, 0.5) is 0 Å². The number of ether oxygens (including phenoxy) is 2. The molecular weight excluding hydrogens is 376 g/mol. The van der Waals surface area contributed by atoms with E-state index in [1.54, 1.807) is 29.5 Å². The molecule has 1 aliphatic heterocycles. The summed E-state index contributed by atoms with van der Waals surface area (Å²) in [6, 6.07) is 9.35. The fraction of sp³-hybridized carbons (Fsp3) is 0.200. The van der Waals surface area contributed by atoms with Crippen LogP contribution in [0.15, 0.2) is 35.7 Å². The highest BCUT2D eigenvalue weighted by molar-refractivity contribution is 7.12. The van der Waals surface area contributed by atoms with Gasteiger partial charge in [-0.1, -0.05) is 12.1 Å². The Morgan fingerprint density at radius 1 is 1.39 bits per heavy atom. The number of nitrogens with one attached hydrogen (secondary N) is 1. The van der Waals surface area contributed by atoms with Crippen molar-refractivity contribution in [1.29, 1.82) is 5.26 Å². The highest BCUT2D eigenvalue weighted by atomic mass is 32.1. The lowest BCUT2D eigenvalue weighted by Crippen LogP contribution is -2.21. The Bertz CT molecular complexity index is 1150. The van der Waals surface area contributed by atoms with Crippen LogP contribution in [0.1, 0.15) is 26.8 Å². The second-order valence-electron chi connectivity index (χ2n) is 6.47. The number of phenolic OH excluding ortho intramolecular Hbond substituents is 1. The van der Waals surface area contributed by atoms with E-state index < -0.39 is 5.92 Å². The summed E-state index contributed by atoms with van der Waals surface area (Å²) in [4.78, 5) is 2.27. The lowest BCUT2D eigenvalue weighted by molar-refractivity contribution is 0.364. The van der Waals surface area contributed by atoms with E-state index in [0.29, 0.717) is 22.8 Å². The van der Waals surface area contributed by atoms with Crippen molar-refractivity contribution in [1.82, 2.24) is 10.2 Å². The van der Waals surface area contributed by atoms with Gasteiger partial charge in [-0.05, 0) is 26.0 Å². The number of nitrogens with two attached hydrogens (primary N) is 1. The molecule has 0 saturated carbocycles. The molecule has 0 saturated heterocycles. The van der Waals surface area contributed by atoms with Crippen LogP contribution in [0.2, 0.25) is 0 Å². The number of aromatic nitrogens is 2. The van der Waals surface area contributed by atoms with Gasteiger partial charge in [-0.15, -0.1) is 16.4 Å². The third-order valence-corrected chi connectivity index (χ3v) is 5.78. The van der Waals surface area contributed by atoms with Crippen LogP contribution in [-0.4, -0.2) is 22.4 Å². The first-order valence-electron chi connectivity index (χ1n) is 8.55. The van der Waals surface area contributed by atoms with Gasteiger partial charge in [-0.3, -0.25) is 5.10 Å². The van der Waals surface area contributed by atoms with Crippen molar-refractivity contribution < 1.29 is 14.6 Å². The molecule has 4 rings (SSSR count). The number of hydrogen-bond acceptors (Lipinski definition) is 7. The molecule has 4 N–H and O–H groups in total. The molecule has 0 bridgehead atoms. The van der Waals surface area contributed by atoms with Crippen molar-refractivity contribution in [2.24, 2.45) is 5.73 Å². The standard InChI is InChI=1S/C20H18N4O3S/c1-9-7-12(10(2)28-9)17-16-15(11-5-4-6-14(26-3)18(11)25)13(8-21)19(22)27-20(16)24-23-17/h4-7,15,25H,22H2,1-3H3,(H,23,24)/t15-/m0/s1. The highest BCUT2D eigenvalue weighted by Crippen LogP contribution is 2.50. The summed E-state index contributed by atoms with van der Waals surface area (Å²) >= 11 is 1.67. The zero-order valence-corrected chi connectivity index (χ0v) is 16.3. The number of nitrogens with zero attached hydrogens (tertiary/aromatic N) is 2. The number of aryl methyl sites for hydroxylation is 2. The van der Waals surface area contributed by atoms with Gasteiger partial charge < -0.3 is 20.3 Å². The molecule has 2 aromatic heterocycles. The van der Waals surface area contributed by atoms with Gasteiger partial charge in [0, 0.05) is 20.9 Å². The number of methoxy groups -OCH3 is 1. The van der Waals surface area contributed by atoms with Crippen molar-refractivity contribution in [3.63, 3.8) is 0 Å². The number of hydrogen-bond donors (Lipinski definition) is 3. The fourth-order valence-corrected chi connectivity index (χ4v) is 4.51. The summed E-state index contributed by atoms with van der Waals surface area (Å²) in [6.07, 6.45) is 0. The summed E-state index contributed by atoms with van der Waals surface area (Å²) in [5, 5.41) is 27.8. The zero-order valence-electron chi connectivity index (χ0n) is 15.5. The molecule has 3 aromatic rings. The Labute approximate surface area is 165 Å². The topological polar surface area (TPSA) is 117 Å². The number of fused-ring (bicyclic) bond motifs is 1. The summed E-state index contributed by atoms with van der Waals surface area (Å²) in [5.74, 6) is -0.111. The Morgan fingerprint density at radius 3 is 2.82 bits per heavy atom. The number of para-hydroxylation sites is 1. The monoisotopic (exact) mass is 394 g/mol. The first-order chi connectivity index (χ1) is 13.5. The van der Waals surface area contributed by atoms with Crippen molar-refractivity contribution in [2.75, 3.05) is 7.11 Å². The maximum Gasteiger partial charge on any atom is 0.244 e.